The summed E-state index contributed by atoms with van der Waals surface area (Å²) in [5.74, 6) is -0.219. The Balaban J connectivity index is 3.28. The smallest absolute Gasteiger partial charge is 0.254 e. The topological polar surface area (TPSA) is 80.5 Å². The lowest BCUT2D eigenvalue weighted by Gasteiger charge is -2.25. The van der Waals surface area contributed by atoms with Crippen LogP contribution in [0, 0.1) is 0 Å². The zero-order valence-electron chi connectivity index (χ0n) is 11.1. The average Bonchev–Trinajstić information content (AvgIpc) is 2.27. The van der Waals surface area contributed by atoms with Crippen LogP contribution >= 0.6 is 15.9 Å². The Kier molecular flexibility index (Phi) is 5.11. The maximum Gasteiger partial charge on any atom is 0.254 e. The SMILES string of the molecule is CCN(C(=O)c1cc(Br)cc(S(N)(=O)=O)c1)C(C)C. The van der Waals surface area contributed by atoms with E-state index in [0.717, 1.165) is 0 Å². The van der Waals surface area contributed by atoms with Crippen LogP contribution in [0.15, 0.2) is 27.6 Å². The molecule has 1 aromatic carbocycles. The summed E-state index contributed by atoms with van der Waals surface area (Å²) in [5.41, 5.74) is 0.300. The number of carbonyl (C=O) groups excluding carboxylic acids is 1. The van der Waals surface area contributed by atoms with Gasteiger partial charge in [0.25, 0.3) is 5.91 Å². The highest BCUT2D eigenvalue weighted by Crippen LogP contribution is 2.20. The Morgan fingerprint density at radius 1 is 1.37 bits per heavy atom. The van der Waals surface area contributed by atoms with Crippen molar-refractivity contribution in [3.63, 3.8) is 0 Å². The average molecular weight is 349 g/mol. The highest BCUT2D eigenvalue weighted by molar-refractivity contribution is 9.10. The van der Waals surface area contributed by atoms with E-state index in [4.69, 9.17) is 5.14 Å². The zero-order chi connectivity index (χ0) is 14.8. The molecule has 7 heteroatoms. The fourth-order valence-electron chi connectivity index (χ4n) is 1.76. The number of benzene rings is 1. The van der Waals surface area contributed by atoms with E-state index in [0.29, 0.717) is 16.6 Å². The molecule has 2 N–H and O–H groups in total. The minimum Gasteiger partial charge on any atom is -0.337 e. The summed E-state index contributed by atoms with van der Waals surface area (Å²) in [5, 5.41) is 5.09. The normalized spacial score (nSPS) is 11.7. The Labute approximate surface area is 122 Å². The molecular weight excluding hydrogens is 332 g/mol. The number of carbonyl (C=O) groups is 1. The summed E-state index contributed by atoms with van der Waals surface area (Å²) in [6.07, 6.45) is 0. The summed E-state index contributed by atoms with van der Waals surface area (Å²) in [4.78, 5) is 13.9. The highest BCUT2D eigenvalue weighted by atomic mass is 79.9. The van der Waals surface area contributed by atoms with Crippen molar-refractivity contribution in [1.82, 2.24) is 4.90 Å². The number of nitrogens with two attached hydrogens (primary N) is 1. The Morgan fingerprint density at radius 2 is 1.95 bits per heavy atom. The molecule has 106 valence electrons. The monoisotopic (exact) mass is 348 g/mol. The number of nitrogens with zero attached hydrogens (tertiary/aromatic N) is 1. The second kappa shape index (κ2) is 6.02. The summed E-state index contributed by atoms with van der Waals surface area (Å²) in [7, 11) is -3.83. The molecule has 0 saturated carbocycles. The number of hydrogen-bond donors (Lipinski definition) is 1. The molecule has 0 aliphatic carbocycles. The molecule has 0 atom stereocenters. The minimum atomic E-state index is -3.83. The summed E-state index contributed by atoms with van der Waals surface area (Å²) in [6, 6.07) is 4.29. The molecule has 0 radical (unpaired) electrons. The Hall–Kier alpha value is -0.920. The van der Waals surface area contributed by atoms with Crippen LogP contribution in [0.3, 0.4) is 0 Å². The van der Waals surface area contributed by atoms with Gasteiger partial charge in [-0.3, -0.25) is 4.79 Å². The molecule has 0 unspecified atom stereocenters. The van der Waals surface area contributed by atoms with Gasteiger partial charge in [0.1, 0.15) is 0 Å². The fraction of sp³-hybridized carbons (Fsp3) is 0.417. The van der Waals surface area contributed by atoms with Gasteiger partial charge < -0.3 is 4.90 Å². The van der Waals surface area contributed by atoms with E-state index in [-0.39, 0.29) is 16.8 Å². The first-order valence-electron chi connectivity index (χ1n) is 5.81. The predicted octanol–water partition coefficient (Wildman–Crippen LogP) is 1.97. The third kappa shape index (κ3) is 4.02. The molecule has 5 nitrogen and oxygen atoms in total. The molecule has 0 bridgehead atoms. The molecule has 0 heterocycles. The minimum absolute atomic E-state index is 0.0365. The number of amides is 1. The number of hydrogen-bond acceptors (Lipinski definition) is 3. The molecule has 1 aromatic rings. The van der Waals surface area contributed by atoms with Crippen molar-refractivity contribution in [2.45, 2.75) is 31.7 Å². The van der Waals surface area contributed by atoms with Gasteiger partial charge in [-0.2, -0.15) is 0 Å². The molecule has 0 aromatic heterocycles. The van der Waals surface area contributed by atoms with E-state index >= 15 is 0 Å². The zero-order valence-corrected chi connectivity index (χ0v) is 13.5. The van der Waals surface area contributed by atoms with Gasteiger partial charge in [0, 0.05) is 22.6 Å². The molecule has 1 rings (SSSR count). The van der Waals surface area contributed by atoms with Gasteiger partial charge in [-0.25, -0.2) is 13.6 Å². The van der Waals surface area contributed by atoms with Gasteiger partial charge in [0.15, 0.2) is 0 Å². The van der Waals surface area contributed by atoms with Crippen molar-refractivity contribution in [3.8, 4) is 0 Å². The van der Waals surface area contributed by atoms with Gasteiger partial charge in [-0.1, -0.05) is 15.9 Å². The lowest BCUT2D eigenvalue weighted by Crippen LogP contribution is -2.36. The van der Waals surface area contributed by atoms with Crippen molar-refractivity contribution in [2.24, 2.45) is 5.14 Å². The van der Waals surface area contributed by atoms with E-state index < -0.39 is 10.0 Å². The molecule has 0 spiro atoms. The number of halogens is 1. The van der Waals surface area contributed by atoms with Gasteiger partial charge in [-0.05, 0) is 39.0 Å². The largest absolute Gasteiger partial charge is 0.337 e. The van der Waals surface area contributed by atoms with E-state index in [2.05, 4.69) is 15.9 Å². The molecule has 1 amide bonds. The van der Waals surface area contributed by atoms with Gasteiger partial charge >= 0.3 is 0 Å². The molecule has 0 saturated heterocycles. The third-order valence-electron chi connectivity index (χ3n) is 2.67. The lowest BCUT2D eigenvalue weighted by atomic mass is 10.1. The molecule has 19 heavy (non-hydrogen) atoms. The quantitative estimate of drug-likeness (QED) is 0.902. The van der Waals surface area contributed by atoms with Crippen LogP contribution in [0.5, 0.6) is 0 Å². The maximum absolute atomic E-state index is 12.3. The Morgan fingerprint density at radius 3 is 2.37 bits per heavy atom. The van der Waals surface area contributed by atoms with Crippen LogP contribution in [0.4, 0.5) is 0 Å². The second-order valence-corrected chi connectivity index (χ2v) is 6.88. The summed E-state index contributed by atoms with van der Waals surface area (Å²) >= 11 is 3.19. The standard InChI is InChI=1S/C12H17BrN2O3S/c1-4-15(8(2)3)12(16)9-5-10(13)7-11(6-9)19(14,17)18/h5-8H,4H2,1-3H3,(H2,14,17,18). The van der Waals surface area contributed by atoms with Crippen LogP contribution < -0.4 is 5.14 Å². The first kappa shape index (κ1) is 16.1. The van der Waals surface area contributed by atoms with Crippen molar-refractivity contribution in [1.29, 1.82) is 0 Å². The predicted molar refractivity (Wildman–Crippen MR) is 77.4 cm³/mol. The maximum atomic E-state index is 12.3. The number of rotatable bonds is 4. The van der Waals surface area contributed by atoms with Gasteiger partial charge in [0.2, 0.25) is 10.0 Å². The Bertz CT molecular complexity index is 585. The molecule has 0 aliphatic rings. The fourth-order valence-corrected chi connectivity index (χ4v) is 2.99. The second-order valence-electron chi connectivity index (χ2n) is 4.41. The van der Waals surface area contributed by atoms with Crippen LogP contribution in [-0.4, -0.2) is 31.8 Å². The van der Waals surface area contributed by atoms with Gasteiger partial charge in [-0.15, -0.1) is 0 Å². The van der Waals surface area contributed by atoms with E-state index in [9.17, 15) is 13.2 Å². The van der Waals surface area contributed by atoms with Crippen LogP contribution in [0.1, 0.15) is 31.1 Å². The summed E-state index contributed by atoms with van der Waals surface area (Å²) < 4.78 is 23.2. The van der Waals surface area contributed by atoms with Crippen molar-refractivity contribution in [2.75, 3.05) is 6.54 Å². The van der Waals surface area contributed by atoms with Crippen molar-refractivity contribution < 1.29 is 13.2 Å². The third-order valence-corrected chi connectivity index (χ3v) is 4.02. The molecule has 0 aliphatic heterocycles. The first-order chi connectivity index (χ1) is 8.66. The molecule has 0 fully saturated rings. The summed E-state index contributed by atoms with van der Waals surface area (Å²) in [6.45, 7) is 6.23. The van der Waals surface area contributed by atoms with Crippen molar-refractivity contribution in [3.05, 3.63) is 28.2 Å². The van der Waals surface area contributed by atoms with Crippen molar-refractivity contribution >= 4 is 31.9 Å². The molecular formula is C12H17BrN2O3S. The van der Waals surface area contributed by atoms with E-state index in [1.165, 1.54) is 12.1 Å². The number of primary sulfonamides is 1. The van der Waals surface area contributed by atoms with E-state index in [1.807, 2.05) is 20.8 Å². The lowest BCUT2D eigenvalue weighted by molar-refractivity contribution is 0.0716. The van der Waals surface area contributed by atoms with Crippen LogP contribution in [-0.2, 0) is 10.0 Å². The van der Waals surface area contributed by atoms with E-state index in [1.54, 1.807) is 11.0 Å². The van der Waals surface area contributed by atoms with Crippen LogP contribution in [0.25, 0.3) is 0 Å². The first-order valence-corrected chi connectivity index (χ1v) is 8.15. The van der Waals surface area contributed by atoms with Gasteiger partial charge in [0.05, 0.1) is 4.90 Å². The van der Waals surface area contributed by atoms with Crippen LogP contribution in [0.2, 0.25) is 0 Å². The number of sulfonamides is 1. The highest BCUT2D eigenvalue weighted by Gasteiger charge is 2.19.